The summed E-state index contributed by atoms with van der Waals surface area (Å²) < 4.78 is 0. The molecule has 3 heteroatoms. The summed E-state index contributed by atoms with van der Waals surface area (Å²) in [6, 6.07) is 9.96. The average Bonchev–Trinajstić information content (AvgIpc) is 2.41. The predicted molar refractivity (Wildman–Crippen MR) is 75.4 cm³/mol. The molecule has 0 fully saturated rings. The zero-order valence-corrected chi connectivity index (χ0v) is 10.9. The molecule has 19 heavy (non-hydrogen) atoms. The summed E-state index contributed by atoms with van der Waals surface area (Å²) in [7, 11) is 0. The van der Waals surface area contributed by atoms with Gasteiger partial charge in [-0.3, -0.25) is 4.79 Å². The Morgan fingerprint density at radius 2 is 2.21 bits per heavy atom. The maximum absolute atomic E-state index is 11.1. The minimum atomic E-state index is 0.00822. The highest BCUT2D eigenvalue weighted by molar-refractivity contribution is 5.92. The van der Waals surface area contributed by atoms with E-state index in [4.69, 9.17) is 0 Å². The van der Waals surface area contributed by atoms with Crippen LogP contribution in [-0.2, 0) is 11.2 Å². The van der Waals surface area contributed by atoms with E-state index in [0.717, 1.165) is 23.8 Å². The molecule has 2 aromatic carbocycles. The molecule has 0 bridgehead atoms. The number of aryl methyl sites for hydroxylation is 1. The zero-order valence-electron chi connectivity index (χ0n) is 10.9. The normalized spacial score (nSPS) is 17.4. The largest absolute Gasteiger partial charge is 0.508 e. The van der Waals surface area contributed by atoms with Crippen LogP contribution in [0.4, 0.5) is 0 Å². The van der Waals surface area contributed by atoms with Crippen molar-refractivity contribution < 1.29 is 9.90 Å². The number of amides is 1. The van der Waals surface area contributed by atoms with E-state index in [1.807, 2.05) is 12.1 Å². The van der Waals surface area contributed by atoms with Gasteiger partial charge in [0.15, 0.2) is 0 Å². The fourth-order valence-electron chi connectivity index (χ4n) is 3.02. The number of hydrogen-bond acceptors (Lipinski definition) is 2. The molecule has 1 unspecified atom stereocenters. The molecular formula is C16H17NO2. The first kappa shape index (κ1) is 12.0. The number of phenols is 1. The van der Waals surface area contributed by atoms with Crippen molar-refractivity contribution in [2.75, 3.05) is 6.54 Å². The van der Waals surface area contributed by atoms with Crippen molar-refractivity contribution in [1.29, 1.82) is 0 Å². The standard InChI is InChI=1S/C16H17NO2/c1-10(18)17-9-12-5-7-14-15(19)8-6-11-3-2-4-13(12)16(11)14/h2-4,6,8,12,19H,5,7,9H2,1H3,(H,17,18). The lowest BCUT2D eigenvalue weighted by molar-refractivity contribution is -0.119. The number of rotatable bonds is 2. The fraction of sp³-hybridized carbons (Fsp3) is 0.312. The first-order chi connectivity index (χ1) is 9.16. The number of aromatic hydroxyl groups is 1. The molecule has 0 heterocycles. The Labute approximate surface area is 112 Å². The van der Waals surface area contributed by atoms with E-state index >= 15 is 0 Å². The Hall–Kier alpha value is -2.03. The molecule has 0 aromatic heterocycles. The molecule has 0 saturated carbocycles. The summed E-state index contributed by atoms with van der Waals surface area (Å²) in [6.07, 6.45) is 1.83. The summed E-state index contributed by atoms with van der Waals surface area (Å²) in [5.41, 5.74) is 2.29. The highest BCUT2D eigenvalue weighted by atomic mass is 16.3. The predicted octanol–water partition coefficient (Wildman–Crippen LogP) is 2.71. The zero-order chi connectivity index (χ0) is 13.4. The lowest BCUT2D eigenvalue weighted by atomic mass is 9.81. The molecule has 1 aliphatic rings. The molecule has 3 nitrogen and oxygen atoms in total. The molecule has 0 radical (unpaired) electrons. The topological polar surface area (TPSA) is 49.3 Å². The van der Waals surface area contributed by atoms with E-state index in [2.05, 4.69) is 17.4 Å². The highest BCUT2D eigenvalue weighted by Gasteiger charge is 2.23. The molecule has 0 spiro atoms. The summed E-state index contributed by atoms with van der Waals surface area (Å²) in [6.45, 7) is 2.22. The number of hydrogen-bond donors (Lipinski definition) is 2. The molecule has 1 amide bonds. The summed E-state index contributed by atoms with van der Waals surface area (Å²) in [4.78, 5) is 11.1. The molecule has 1 aliphatic carbocycles. The molecule has 98 valence electrons. The third-order valence-corrected chi connectivity index (χ3v) is 3.94. The van der Waals surface area contributed by atoms with Crippen molar-refractivity contribution in [3.63, 3.8) is 0 Å². The van der Waals surface area contributed by atoms with E-state index in [9.17, 15) is 9.90 Å². The highest BCUT2D eigenvalue weighted by Crippen LogP contribution is 2.40. The average molecular weight is 255 g/mol. The minimum Gasteiger partial charge on any atom is -0.508 e. The van der Waals surface area contributed by atoms with Gasteiger partial charge >= 0.3 is 0 Å². The van der Waals surface area contributed by atoms with Gasteiger partial charge in [0.05, 0.1) is 0 Å². The van der Waals surface area contributed by atoms with Crippen LogP contribution >= 0.6 is 0 Å². The molecular weight excluding hydrogens is 238 g/mol. The van der Waals surface area contributed by atoms with Gasteiger partial charge in [0, 0.05) is 24.9 Å². The first-order valence-electron chi connectivity index (χ1n) is 6.64. The molecule has 3 rings (SSSR count). The lowest BCUT2D eigenvalue weighted by Gasteiger charge is -2.26. The fourth-order valence-corrected chi connectivity index (χ4v) is 3.02. The number of carbonyl (C=O) groups excluding carboxylic acids is 1. The number of carbonyl (C=O) groups is 1. The Kier molecular flexibility index (Phi) is 2.90. The van der Waals surface area contributed by atoms with Gasteiger partial charge < -0.3 is 10.4 Å². The van der Waals surface area contributed by atoms with Gasteiger partial charge in [-0.2, -0.15) is 0 Å². The maximum Gasteiger partial charge on any atom is 0.216 e. The van der Waals surface area contributed by atoms with Gasteiger partial charge in [-0.05, 0) is 35.2 Å². The van der Waals surface area contributed by atoms with E-state index in [-0.39, 0.29) is 5.91 Å². The van der Waals surface area contributed by atoms with Crippen LogP contribution in [0.15, 0.2) is 30.3 Å². The van der Waals surface area contributed by atoms with Crippen molar-refractivity contribution in [3.8, 4) is 5.75 Å². The lowest BCUT2D eigenvalue weighted by Crippen LogP contribution is -2.27. The van der Waals surface area contributed by atoms with Gasteiger partial charge in [0.25, 0.3) is 0 Å². The summed E-state index contributed by atoms with van der Waals surface area (Å²) >= 11 is 0. The van der Waals surface area contributed by atoms with Crippen LogP contribution in [0.3, 0.4) is 0 Å². The van der Waals surface area contributed by atoms with Gasteiger partial charge in [0.1, 0.15) is 5.75 Å². The second kappa shape index (κ2) is 4.57. The van der Waals surface area contributed by atoms with Crippen LogP contribution in [-0.4, -0.2) is 17.6 Å². The molecule has 2 N–H and O–H groups in total. The third-order valence-electron chi connectivity index (χ3n) is 3.94. The van der Waals surface area contributed by atoms with Gasteiger partial charge in [-0.15, -0.1) is 0 Å². The van der Waals surface area contributed by atoms with Crippen LogP contribution in [0.1, 0.15) is 30.4 Å². The second-order valence-electron chi connectivity index (χ2n) is 5.18. The van der Waals surface area contributed by atoms with E-state index in [1.165, 1.54) is 10.9 Å². The van der Waals surface area contributed by atoms with Gasteiger partial charge in [-0.25, -0.2) is 0 Å². The molecule has 0 aliphatic heterocycles. The number of benzene rings is 2. The monoisotopic (exact) mass is 255 g/mol. The second-order valence-corrected chi connectivity index (χ2v) is 5.18. The van der Waals surface area contributed by atoms with Crippen LogP contribution < -0.4 is 5.32 Å². The van der Waals surface area contributed by atoms with Crippen molar-refractivity contribution in [3.05, 3.63) is 41.5 Å². The van der Waals surface area contributed by atoms with Crippen molar-refractivity contribution in [2.24, 2.45) is 0 Å². The Balaban J connectivity index is 2.09. The third kappa shape index (κ3) is 2.05. The Bertz CT molecular complexity index is 648. The number of phenolic OH excluding ortho intramolecular Hbond substituents is 1. The van der Waals surface area contributed by atoms with Gasteiger partial charge in [-0.1, -0.05) is 24.3 Å². The van der Waals surface area contributed by atoms with Crippen LogP contribution in [0.5, 0.6) is 5.75 Å². The van der Waals surface area contributed by atoms with E-state index < -0.39 is 0 Å². The maximum atomic E-state index is 11.1. The minimum absolute atomic E-state index is 0.00822. The Morgan fingerprint density at radius 1 is 1.37 bits per heavy atom. The Morgan fingerprint density at radius 3 is 3.00 bits per heavy atom. The molecule has 0 saturated heterocycles. The quantitative estimate of drug-likeness (QED) is 0.866. The van der Waals surface area contributed by atoms with E-state index in [1.54, 1.807) is 13.0 Å². The summed E-state index contributed by atoms with van der Waals surface area (Å²) in [5.74, 6) is 0.730. The first-order valence-corrected chi connectivity index (χ1v) is 6.64. The van der Waals surface area contributed by atoms with Crippen molar-refractivity contribution in [2.45, 2.75) is 25.7 Å². The molecule has 2 aromatic rings. The van der Waals surface area contributed by atoms with Crippen molar-refractivity contribution in [1.82, 2.24) is 5.32 Å². The van der Waals surface area contributed by atoms with Crippen LogP contribution in [0.2, 0.25) is 0 Å². The molecule has 1 atom stereocenters. The number of nitrogens with one attached hydrogen (secondary N) is 1. The smallest absolute Gasteiger partial charge is 0.216 e. The van der Waals surface area contributed by atoms with Gasteiger partial charge in [0.2, 0.25) is 5.91 Å². The van der Waals surface area contributed by atoms with Crippen LogP contribution in [0, 0.1) is 0 Å². The SMILES string of the molecule is CC(=O)NCC1CCc2c(O)ccc3cccc1c23. The van der Waals surface area contributed by atoms with E-state index in [0.29, 0.717) is 18.2 Å². The van der Waals surface area contributed by atoms with Crippen LogP contribution in [0.25, 0.3) is 10.8 Å². The van der Waals surface area contributed by atoms with Crippen molar-refractivity contribution >= 4 is 16.7 Å². The summed E-state index contributed by atoms with van der Waals surface area (Å²) in [5, 5.41) is 15.2.